The van der Waals surface area contributed by atoms with E-state index in [1.807, 2.05) is 73.8 Å². The Balaban J connectivity index is 1.25. The number of fused-ring (bicyclic) bond motifs is 4. The molecule has 10 rings (SSSR count). The van der Waals surface area contributed by atoms with Gasteiger partial charge in [-0.1, -0.05) is 48.5 Å². The van der Waals surface area contributed by atoms with E-state index in [1.165, 1.54) is 0 Å². The maximum Gasteiger partial charge on any atom is 0.100 e. The normalized spacial score (nSPS) is 11.8. The molecule has 0 aliphatic rings. The number of benzene rings is 6. The van der Waals surface area contributed by atoms with E-state index in [0.717, 1.165) is 78.0 Å². The van der Waals surface area contributed by atoms with E-state index in [2.05, 4.69) is 103 Å². The van der Waals surface area contributed by atoms with E-state index in [4.69, 9.17) is 19.9 Å². The third-order valence-corrected chi connectivity index (χ3v) is 9.07. The molecule has 0 spiro atoms. The van der Waals surface area contributed by atoms with E-state index in [0.29, 0.717) is 0 Å². The Morgan fingerprint density at radius 2 is 0.542 bits per heavy atom. The first-order valence-corrected chi connectivity index (χ1v) is 15.8. The summed E-state index contributed by atoms with van der Waals surface area (Å²) in [5.74, 6) is 0. The molecule has 0 N–H and O–H groups in total. The highest BCUT2D eigenvalue weighted by Gasteiger charge is 2.15. The number of hydrogen-bond acceptors (Lipinski definition) is 4. The van der Waals surface area contributed by atoms with Crippen molar-refractivity contribution < 1.29 is 0 Å². The highest BCUT2D eigenvalue weighted by molar-refractivity contribution is 5.84. The fourth-order valence-electron chi connectivity index (χ4n) is 6.74. The summed E-state index contributed by atoms with van der Waals surface area (Å²) in [5, 5.41) is 0. The van der Waals surface area contributed by atoms with Crippen molar-refractivity contribution in [2.75, 3.05) is 0 Å². The van der Waals surface area contributed by atoms with Crippen LogP contribution in [-0.4, -0.2) is 38.2 Å². The van der Waals surface area contributed by atoms with Crippen molar-refractivity contribution in [3.05, 3.63) is 159 Å². The van der Waals surface area contributed by atoms with E-state index >= 15 is 0 Å². The van der Waals surface area contributed by atoms with E-state index in [-0.39, 0.29) is 0 Å². The Bertz CT molecular complexity index is 2430. The van der Waals surface area contributed by atoms with Crippen LogP contribution in [0.4, 0.5) is 0 Å². The van der Waals surface area contributed by atoms with Crippen LogP contribution in [0.5, 0.6) is 0 Å². The lowest BCUT2D eigenvalue weighted by Crippen LogP contribution is -2.01. The number of aromatic nitrogens is 8. The van der Waals surface area contributed by atoms with Crippen LogP contribution in [0.15, 0.2) is 159 Å². The van der Waals surface area contributed by atoms with Gasteiger partial charge < -0.3 is 0 Å². The van der Waals surface area contributed by atoms with Gasteiger partial charge in [-0.25, -0.2) is 19.9 Å². The molecule has 0 bridgehead atoms. The zero-order chi connectivity index (χ0) is 31.6. The first kappa shape index (κ1) is 26.4. The lowest BCUT2D eigenvalue weighted by molar-refractivity contribution is 1.05. The molecular formula is C40H26N8. The maximum absolute atomic E-state index is 4.72. The van der Waals surface area contributed by atoms with Gasteiger partial charge in [0.15, 0.2) is 0 Å². The predicted octanol–water partition coefficient (Wildman–Crippen LogP) is 8.71. The molecule has 6 aromatic carbocycles. The molecule has 0 saturated heterocycles. The quantitative estimate of drug-likeness (QED) is 0.193. The van der Waals surface area contributed by atoms with Gasteiger partial charge in [-0.2, -0.15) is 0 Å². The van der Waals surface area contributed by atoms with Gasteiger partial charge in [0.1, 0.15) is 25.3 Å². The summed E-state index contributed by atoms with van der Waals surface area (Å²) in [6.07, 6.45) is 7.60. The number of rotatable bonds is 5. The molecular weight excluding hydrogens is 592 g/mol. The summed E-state index contributed by atoms with van der Waals surface area (Å²) in [6.45, 7) is 0. The number of nitrogens with zero attached hydrogens (tertiary/aromatic N) is 8. The van der Waals surface area contributed by atoms with E-state index in [1.54, 1.807) is 0 Å². The van der Waals surface area contributed by atoms with Crippen molar-refractivity contribution in [2.24, 2.45) is 0 Å². The van der Waals surface area contributed by atoms with Gasteiger partial charge in [-0.15, -0.1) is 0 Å². The molecule has 4 aromatic heterocycles. The lowest BCUT2D eigenvalue weighted by atomic mass is 10.0. The van der Waals surface area contributed by atoms with Crippen LogP contribution >= 0.6 is 0 Å². The number of hydrogen-bond donors (Lipinski definition) is 0. The highest BCUT2D eigenvalue weighted by atomic mass is 15.1. The molecule has 0 saturated carbocycles. The second kappa shape index (κ2) is 10.4. The summed E-state index contributed by atoms with van der Waals surface area (Å²) in [7, 11) is 0. The fraction of sp³-hybridized carbons (Fsp3) is 0. The minimum Gasteiger partial charge on any atom is -0.299 e. The van der Waals surface area contributed by atoms with Crippen LogP contribution in [0.3, 0.4) is 0 Å². The molecule has 0 aliphatic heterocycles. The fourth-order valence-corrected chi connectivity index (χ4v) is 6.74. The second-order valence-corrected chi connectivity index (χ2v) is 11.9. The molecule has 8 nitrogen and oxygen atoms in total. The minimum absolute atomic E-state index is 0.945. The van der Waals surface area contributed by atoms with Crippen molar-refractivity contribution in [1.29, 1.82) is 0 Å². The smallest absolute Gasteiger partial charge is 0.100 e. The minimum atomic E-state index is 0.945. The average molecular weight is 619 g/mol. The van der Waals surface area contributed by atoms with E-state index in [9.17, 15) is 0 Å². The monoisotopic (exact) mass is 618 g/mol. The summed E-state index contributed by atoms with van der Waals surface area (Å²) in [6, 6.07) is 46.2. The second-order valence-electron chi connectivity index (χ2n) is 11.9. The third-order valence-electron chi connectivity index (χ3n) is 9.07. The van der Waals surface area contributed by atoms with Gasteiger partial charge in [0.05, 0.1) is 44.1 Å². The molecule has 4 heterocycles. The van der Waals surface area contributed by atoms with Crippen molar-refractivity contribution in [3.8, 4) is 33.9 Å². The van der Waals surface area contributed by atoms with Gasteiger partial charge in [-0.3, -0.25) is 18.3 Å². The lowest BCUT2D eigenvalue weighted by Gasteiger charge is -2.16. The maximum atomic E-state index is 4.72. The summed E-state index contributed by atoms with van der Waals surface area (Å²) >= 11 is 0. The van der Waals surface area contributed by atoms with E-state index < -0.39 is 0 Å². The van der Waals surface area contributed by atoms with Gasteiger partial charge in [0.2, 0.25) is 0 Å². The molecule has 0 amide bonds. The first-order chi connectivity index (χ1) is 23.8. The molecule has 0 aliphatic carbocycles. The van der Waals surface area contributed by atoms with Crippen LogP contribution in [-0.2, 0) is 0 Å². The molecule has 0 radical (unpaired) electrons. The Morgan fingerprint density at radius 1 is 0.292 bits per heavy atom. The Hall–Kier alpha value is -6.80. The zero-order valence-corrected chi connectivity index (χ0v) is 25.6. The van der Waals surface area contributed by atoms with Crippen LogP contribution < -0.4 is 0 Å². The Morgan fingerprint density at radius 3 is 0.812 bits per heavy atom. The van der Waals surface area contributed by atoms with Gasteiger partial charge in [0, 0.05) is 22.7 Å². The molecule has 0 fully saturated rings. The average Bonchev–Trinajstić information content (AvgIpc) is 3.95. The van der Waals surface area contributed by atoms with Crippen LogP contribution in [0.1, 0.15) is 0 Å². The molecule has 10 aromatic rings. The van der Waals surface area contributed by atoms with Crippen molar-refractivity contribution in [1.82, 2.24) is 38.2 Å². The Kier molecular flexibility index (Phi) is 5.71. The summed E-state index contributed by atoms with van der Waals surface area (Å²) < 4.78 is 8.61. The molecule has 226 valence electrons. The third kappa shape index (κ3) is 4.16. The van der Waals surface area contributed by atoms with Crippen LogP contribution in [0.2, 0.25) is 0 Å². The molecule has 8 heteroatoms. The SMILES string of the molecule is c1ccc2c(c1)ncn2-c1cc(-c2cc(-n3cnc4ccccc43)cc(-n3cnc4ccccc43)c2)cc(-n2cnc3ccccc32)c1. The zero-order valence-electron chi connectivity index (χ0n) is 25.6. The largest absolute Gasteiger partial charge is 0.299 e. The standard InChI is InChI=1S/C40H26N8/c1-5-13-37-33(9-1)41-23-45(37)29-17-27(18-30(21-29)46-24-42-34-10-2-6-14-38(34)46)28-19-31(47-25-43-35-11-3-7-15-39(35)47)22-32(20-28)48-26-44-36-12-4-8-16-40(36)48/h1-26H. The molecule has 0 atom stereocenters. The number of imidazole rings is 4. The predicted molar refractivity (Wildman–Crippen MR) is 190 cm³/mol. The molecule has 48 heavy (non-hydrogen) atoms. The molecule has 0 unspecified atom stereocenters. The van der Waals surface area contributed by atoms with Crippen molar-refractivity contribution >= 4 is 44.1 Å². The summed E-state index contributed by atoms with van der Waals surface area (Å²) in [4.78, 5) is 18.9. The van der Waals surface area contributed by atoms with Crippen molar-refractivity contribution in [3.63, 3.8) is 0 Å². The number of para-hydroxylation sites is 8. The first-order valence-electron chi connectivity index (χ1n) is 15.8. The topological polar surface area (TPSA) is 71.3 Å². The van der Waals surface area contributed by atoms with Gasteiger partial charge in [0.25, 0.3) is 0 Å². The van der Waals surface area contributed by atoms with Crippen LogP contribution in [0, 0.1) is 0 Å². The Labute approximate surface area is 274 Å². The van der Waals surface area contributed by atoms with Gasteiger partial charge >= 0.3 is 0 Å². The highest BCUT2D eigenvalue weighted by Crippen LogP contribution is 2.34. The summed E-state index contributed by atoms with van der Waals surface area (Å²) in [5.41, 5.74) is 14.1. The van der Waals surface area contributed by atoms with Gasteiger partial charge in [-0.05, 0) is 96.1 Å². The van der Waals surface area contributed by atoms with Crippen LogP contribution in [0.25, 0.3) is 78.0 Å². The van der Waals surface area contributed by atoms with Crippen molar-refractivity contribution in [2.45, 2.75) is 0 Å².